The Morgan fingerprint density at radius 1 is 1.08 bits per heavy atom. The predicted octanol–water partition coefficient (Wildman–Crippen LogP) is 3.71. The third-order valence-corrected chi connectivity index (χ3v) is 6.82. The van der Waals surface area contributed by atoms with Crippen LogP contribution in [0.3, 0.4) is 0 Å². The van der Waals surface area contributed by atoms with Crippen molar-refractivity contribution in [3.05, 3.63) is 29.8 Å². The smallest absolute Gasteiger partial charge is 0.142 e. The first-order valence-electron chi connectivity index (χ1n) is 10.3. The van der Waals surface area contributed by atoms with Crippen LogP contribution in [0.2, 0.25) is 0 Å². The van der Waals surface area contributed by atoms with Gasteiger partial charge in [0.25, 0.3) is 0 Å². The molecule has 3 aliphatic rings. The number of fused-ring (bicyclic) bond motifs is 1. The number of hydrogen-bond donors (Lipinski definition) is 1. The molecule has 0 aromatic heterocycles. The molecule has 0 spiro atoms. The van der Waals surface area contributed by atoms with Gasteiger partial charge in [0.1, 0.15) is 5.78 Å². The topological polar surface area (TPSA) is 41.6 Å². The Bertz CT molecular complexity index is 624. The Morgan fingerprint density at radius 2 is 1.81 bits per heavy atom. The first-order valence-corrected chi connectivity index (χ1v) is 10.3. The second kappa shape index (κ2) is 7.69. The summed E-state index contributed by atoms with van der Waals surface area (Å²) in [4.78, 5) is 15.4. The standard InChI is InChI=1S/C22H32N2O2/c1-15-21(23-20-14-18(26-2)10-11-19(20)22(15)25)16-6-8-17(9-7-16)24-12-4-3-5-13-24/h6-9,15,18-21,23H,3-5,10-14H2,1-2H3. The van der Waals surface area contributed by atoms with E-state index in [1.54, 1.807) is 7.11 Å². The molecule has 5 unspecified atom stereocenters. The van der Waals surface area contributed by atoms with E-state index in [9.17, 15) is 4.79 Å². The number of rotatable bonds is 3. The van der Waals surface area contributed by atoms with Gasteiger partial charge in [0.2, 0.25) is 0 Å². The van der Waals surface area contributed by atoms with Gasteiger partial charge in [0, 0.05) is 49.8 Å². The molecule has 0 bridgehead atoms. The van der Waals surface area contributed by atoms with Crippen molar-refractivity contribution in [2.24, 2.45) is 11.8 Å². The van der Waals surface area contributed by atoms with Gasteiger partial charge in [-0.3, -0.25) is 4.79 Å². The van der Waals surface area contributed by atoms with Crippen LogP contribution in [-0.4, -0.2) is 38.1 Å². The van der Waals surface area contributed by atoms with Crippen molar-refractivity contribution in [1.29, 1.82) is 0 Å². The van der Waals surface area contributed by atoms with Gasteiger partial charge in [-0.15, -0.1) is 0 Å². The van der Waals surface area contributed by atoms with Gasteiger partial charge in [-0.1, -0.05) is 19.1 Å². The number of ketones is 1. The highest BCUT2D eigenvalue weighted by Crippen LogP contribution is 2.39. The molecule has 0 amide bonds. The highest BCUT2D eigenvalue weighted by Gasteiger charge is 2.44. The lowest BCUT2D eigenvalue weighted by molar-refractivity contribution is -0.134. The van der Waals surface area contributed by atoms with Gasteiger partial charge >= 0.3 is 0 Å². The van der Waals surface area contributed by atoms with Crippen molar-refractivity contribution in [2.45, 2.75) is 63.6 Å². The predicted molar refractivity (Wildman–Crippen MR) is 104 cm³/mol. The van der Waals surface area contributed by atoms with Crippen molar-refractivity contribution < 1.29 is 9.53 Å². The van der Waals surface area contributed by atoms with Crippen LogP contribution in [0.15, 0.2) is 24.3 Å². The maximum atomic E-state index is 13.0. The van der Waals surface area contributed by atoms with Crippen LogP contribution < -0.4 is 10.2 Å². The summed E-state index contributed by atoms with van der Waals surface area (Å²) in [5.74, 6) is 0.643. The number of nitrogens with zero attached hydrogens (tertiary/aromatic N) is 1. The zero-order valence-corrected chi connectivity index (χ0v) is 16.1. The Kier molecular flexibility index (Phi) is 5.32. The number of anilines is 1. The van der Waals surface area contributed by atoms with Gasteiger partial charge < -0.3 is 15.0 Å². The molecule has 1 N–H and O–H groups in total. The molecule has 2 saturated heterocycles. The fraction of sp³-hybridized carbons (Fsp3) is 0.682. The Balaban J connectivity index is 1.50. The molecular formula is C22H32N2O2. The molecule has 1 aromatic carbocycles. The zero-order valence-electron chi connectivity index (χ0n) is 16.1. The van der Waals surface area contributed by atoms with E-state index in [0.717, 1.165) is 32.4 Å². The summed E-state index contributed by atoms with van der Waals surface area (Å²) in [7, 11) is 1.79. The third-order valence-electron chi connectivity index (χ3n) is 6.82. The summed E-state index contributed by atoms with van der Waals surface area (Å²) in [5, 5.41) is 3.80. The van der Waals surface area contributed by atoms with Gasteiger partial charge in [0.15, 0.2) is 0 Å². The highest BCUT2D eigenvalue weighted by molar-refractivity contribution is 5.85. The second-order valence-corrected chi connectivity index (χ2v) is 8.36. The van der Waals surface area contributed by atoms with Crippen molar-refractivity contribution in [3.63, 3.8) is 0 Å². The fourth-order valence-corrected chi connectivity index (χ4v) is 5.18. The van der Waals surface area contributed by atoms with E-state index in [1.807, 2.05) is 0 Å². The van der Waals surface area contributed by atoms with E-state index >= 15 is 0 Å². The number of benzene rings is 1. The normalized spacial score (nSPS) is 35.2. The molecule has 3 fully saturated rings. The average molecular weight is 357 g/mol. The van der Waals surface area contributed by atoms with Gasteiger partial charge in [0.05, 0.1) is 6.10 Å². The quantitative estimate of drug-likeness (QED) is 0.896. The molecule has 1 saturated carbocycles. The number of carbonyl (C=O) groups is 1. The number of Topliss-reactive ketones (excluding diaryl/α,β-unsaturated/α-hetero) is 1. The van der Waals surface area contributed by atoms with Gasteiger partial charge in [-0.2, -0.15) is 0 Å². The van der Waals surface area contributed by atoms with Crippen molar-refractivity contribution in [1.82, 2.24) is 5.32 Å². The third kappa shape index (κ3) is 3.41. The average Bonchev–Trinajstić information content (AvgIpc) is 2.71. The minimum absolute atomic E-state index is 0.0381. The summed E-state index contributed by atoms with van der Waals surface area (Å²) in [6.07, 6.45) is 7.13. The van der Waals surface area contributed by atoms with Crippen LogP contribution in [0.4, 0.5) is 5.69 Å². The molecule has 4 rings (SSSR count). The molecule has 0 radical (unpaired) electrons. The Morgan fingerprint density at radius 3 is 2.50 bits per heavy atom. The molecule has 1 aliphatic carbocycles. The summed E-state index contributed by atoms with van der Waals surface area (Å²) in [5.41, 5.74) is 2.56. The van der Waals surface area contributed by atoms with Crippen molar-refractivity contribution in [2.75, 3.05) is 25.1 Å². The molecular weight excluding hydrogens is 324 g/mol. The second-order valence-electron chi connectivity index (χ2n) is 8.36. The fourth-order valence-electron chi connectivity index (χ4n) is 5.18. The number of carbonyl (C=O) groups excluding carboxylic acids is 1. The summed E-state index contributed by atoms with van der Waals surface area (Å²) >= 11 is 0. The zero-order chi connectivity index (χ0) is 18.1. The number of hydrogen-bond acceptors (Lipinski definition) is 4. The largest absolute Gasteiger partial charge is 0.381 e. The van der Waals surface area contributed by atoms with Gasteiger partial charge in [-0.05, 0) is 56.2 Å². The molecule has 26 heavy (non-hydrogen) atoms. The Labute approximate surface area is 157 Å². The summed E-state index contributed by atoms with van der Waals surface area (Å²) in [6, 6.07) is 9.30. The molecule has 5 atom stereocenters. The van der Waals surface area contributed by atoms with E-state index in [-0.39, 0.29) is 30.0 Å². The van der Waals surface area contributed by atoms with Crippen LogP contribution in [0.25, 0.3) is 0 Å². The molecule has 1 aromatic rings. The van der Waals surface area contributed by atoms with Gasteiger partial charge in [-0.25, -0.2) is 0 Å². The number of ether oxygens (including phenoxy) is 1. The van der Waals surface area contributed by atoms with Crippen molar-refractivity contribution in [3.8, 4) is 0 Å². The number of piperidine rings is 2. The Hall–Kier alpha value is -1.39. The maximum absolute atomic E-state index is 13.0. The van der Waals surface area contributed by atoms with Crippen molar-refractivity contribution >= 4 is 11.5 Å². The lowest BCUT2D eigenvalue weighted by Gasteiger charge is -2.44. The van der Waals surface area contributed by atoms with E-state index in [1.165, 1.54) is 30.5 Å². The summed E-state index contributed by atoms with van der Waals surface area (Å²) in [6.45, 7) is 4.42. The highest BCUT2D eigenvalue weighted by atomic mass is 16.5. The maximum Gasteiger partial charge on any atom is 0.142 e. The molecule has 2 heterocycles. The minimum atomic E-state index is 0.0381. The molecule has 4 nitrogen and oxygen atoms in total. The monoisotopic (exact) mass is 356 g/mol. The van der Waals surface area contributed by atoms with Crippen LogP contribution in [0.1, 0.15) is 57.1 Å². The van der Waals surface area contributed by atoms with Crippen LogP contribution in [-0.2, 0) is 9.53 Å². The molecule has 142 valence electrons. The molecule has 4 heteroatoms. The van der Waals surface area contributed by atoms with Crippen LogP contribution >= 0.6 is 0 Å². The van der Waals surface area contributed by atoms with E-state index in [0.29, 0.717) is 5.78 Å². The molecule has 2 aliphatic heterocycles. The van der Waals surface area contributed by atoms with E-state index < -0.39 is 0 Å². The lowest BCUT2D eigenvalue weighted by atomic mass is 9.71. The van der Waals surface area contributed by atoms with Crippen LogP contribution in [0, 0.1) is 11.8 Å². The SMILES string of the molecule is COC1CCC2C(=O)C(C)C(c3ccc(N4CCCCC4)cc3)NC2C1. The van der Waals surface area contributed by atoms with E-state index in [4.69, 9.17) is 4.74 Å². The summed E-state index contributed by atoms with van der Waals surface area (Å²) < 4.78 is 5.57. The van der Waals surface area contributed by atoms with Crippen LogP contribution in [0.5, 0.6) is 0 Å². The lowest BCUT2D eigenvalue weighted by Crippen LogP contribution is -2.55. The number of nitrogens with one attached hydrogen (secondary N) is 1. The minimum Gasteiger partial charge on any atom is -0.381 e. The number of methoxy groups -OCH3 is 1. The first kappa shape index (κ1) is 18.0. The first-order chi connectivity index (χ1) is 12.7. The van der Waals surface area contributed by atoms with E-state index in [2.05, 4.69) is 41.4 Å².